The molecular formula is C24H40N4O5S2. The van der Waals surface area contributed by atoms with E-state index in [1.165, 1.54) is 26.4 Å². The quantitative estimate of drug-likeness (QED) is 0.318. The van der Waals surface area contributed by atoms with Crippen LogP contribution in [0.3, 0.4) is 0 Å². The molecule has 1 aromatic heterocycles. The Morgan fingerprint density at radius 3 is 2.40 bits per heavy atom. The normalized spacial score (nSPS) is 23.7. The van der Waals surface area contributed by atoms with Gasteiger partial charge in [-0.1, -0.05) is 39.0 Å². The fourth-order valence-electron chi connectivity index (χ4n) is 5.32. The SMILES string of the molecule is CCc1csc([C@H](CC2CCC(NS(=O)O)CC2)NC(=O)[C@H](CC2CCCCC2)NC(=O)OC)n1. The second-order valence-electron chi connectivity index (χ2n) is 9.84. The molecule has 2 saturated carbocycles. The van der Waals surface area contributed by atoms with Gasteiger partial charge >= 0.3 is 6.09 Å². The Balaban J connectivity index is 1.68. The lowest BCUT2D eigenvalue weighted by atomic mass is 9.82. The van der Waals surface area contributed by atoms with Gasteiger partial charge in [-0.25, -0.2) is 18.7 Å². The molecule has 198 valence electrons. The minimum Gasteiger partial charge on any atom is -0.453 e. The molecule has 9 nitrogen and oxygen atoms in total. The average molecular weight is 529 g/mol. The summed E-state index contributed by atoms with van der Waals surface area (Å²) in [4.78, 5) is 30.2. The predicted octanol–water partition coefficient (Wildman–Crippen LogP) is 4.23. The van der Waals surface area contributed by atoms with Crippen molar-refractivity contribution in [2.75, 3.05) is 7.11 Å². The van der Waals surface area contributed by atoms with Gasteiger partial charge in [0, 0.05) is 11.4 Å². The second kappa shape index (κ2) is 14.2. The van der Waals surface area contributed by atoms with Crippen molar-refractivity contribution in [3.63, 3.8) is 0 Å². The van der Waals surface area contributed by atoms with Crippen LogP contribution in [0.4, 0.5) is 4.79 Å². The van der Waals surface area contributed by atoms with Crippen LogP contribution >= 0.6 is 11.3 Å². The predicted molar refractivity (Wildman–Crippen MR) is 137 cm³/mol. The summed E-state index contributed by atoms with van der Waals surface area (Å²) in [7, 11) is 1.31. The van der Waals surface area contributed by atoms with Gasteiger partial charge in [0.15, 0.2) is 0 Å². The first-order valence-corrected chi connectivity index (χ1v) is 14.8. The maximum absolute atomic E-state index is 13.5. The number of nitrogens with one attached hydrogen (secondary N) is 3. The van der Waals surface area contributed by atoms with Crippen molar-refractivity contribution in [3.8, 4) is 0 Å². The summed E-state index contributed by atoms with van der Waals surface area (Å²) in [6, 6.07) is -0.832. The number of carbonyl (C=O) groups is 2. The maximum atomic E-state index is 13.5. The van der Waals surface area contributed by atoms with E-state index in [1.54, 1.807) is 11.3 Å². The average Bonchev–Trinajstić information content (AvgIpc) is 3.34. The molecule has 2 fully saturated rings. The number of rotatable bonds is 11. The number of hydrogen-bond donors (Lipinski definition) is 4. The number of ether oxygens (including phenoxy) is 1. The molecule has 3 atom stereocenters. The minimum absolute atomic E-state index is 0.0424. The molecule has 0 radical (unpaired) electrons. The zero-order valence-electron chi connectivity index (χ0n) is 20.8. The number of amides is 2. The topological polar surface area (TPSA) is 130 Å². The van der Waals surface area contributed by atoms with Crippen LogP contribution in [0, 0.1) is 11.8 Å². The highest BCUT2D eigenvalue weighted by Gasteiger charge is 2.31. The van der Waals surface area contributed by atoms with Crippen LogP contribution in [0.1, 0.15) is 94.3 Å². The third kappa shape index (κ3) is 9.11. The first-order valence-electron chi connectivity index (χ1n) is 12.8. The standard InChI is InChI=1S/C24H40N4O5S2/c1-3-18-15-34-23(25-18)21(14-17-9-11-19(12-10-17)28-35(31)32)26-22(29)20(27-24(30)33-2)13-16-7-5-4-6-8-16/h15-17,19-21,28H,3-14H2,1-2H3,(H,26,29)(H,27,30)(H,31,32)/t17?,19?,20-,21-/m0/s1. The van der Waals surface area contributed by atoms with Gasteiger partial charge in [-0.05, 0) is 56.8 Å². The molecule has 0 aromatic carbocycles. The van der Waals surface area contributed by atoms with Gasteiger partial charge in [0.1, 0.15) is 11.0 Å². The first kappa shape index (κ1) is 28.0. The van der Waals surface area contributed by atoms with Crippen LogP contribution in [0.5, 0.6) is 0 Å². The molecule has 2 amide bonds. The summed E-state index contributed by atoms with van der Waals surface area (Å²) in [6.07, 6.45) is 10.8. The Labute approximate surface area is 215 Å². The zero-order chi connectivity index (χ0) is 25.2. The lowest BCUT2D eigenvalue weighted by Gasteiger charge is -2.31. The summed E-state index contributed by atoms with van der Waals surface area (Å²) < 4.78 is 27.7. The Morgan fingerprint density at radius 2 is 1.80 bits per heavy atom. The molecular weight excluding hydrogens is 488 g/mol. The smallest absolute Gasteiger partial charge is 0.407 e. The van der Waals surface area contributed by atoms with Crippen LogP contribution in [0.15, 0.2) is 5.38 Å². The van der Waals surface area contributed by atoms with Crippen molar-refractivity contribution in [1.29, 1.82) is 0 Å². The van der Waals surface area contributed by atoms with Crippen molar-refractivity contribution in [3.05, 3.63) is 16.1 Å². The number of carbonyl (C=O) groups excluding carboxylic acids is 2. The lowest BCUT2D eigenvalue weighted by molar-refractivity contribution is -0.124. The first-order chi connectivity index (χ1) is 16.9. The highest BCUT2D eigenvalue weighted by molar-refractivity contribution is 7.77. The molecule has 35 heavy (non-hydrogen) atoms. The van der Waals surface area contributed by atoms with Gasteiger partial charge in [-0.15, -0.1) is 11.3 Å². The van der Waals surface area contributed by atoms with Crippen molar-refractivity contribution in [1.82, 2.24) is 20.3 Å². The van der Waals surface area contributed by atoms with E-state index in [-0.39, 0.29) is 18.0 Å². The van der Waals surface area contributed by atoms with Crippen molar-refractivity contribution in [2.24, 2.45) is 11.8 Å². The van der Waals surface area contributed by atoms with E-state index < -0.39 is 23.4 Å². The summed E-state index contributed by atoms with van der Waals surface area (Å²) in [5, 5.41) is 8.91. The second-order valence-corrected chi connectivity index (χ2v) is 11.5. The highest BCUT2D eigenvalue weighted by atomic mass is 32.2. The number of thiazole rings is 1. The van der Waals surface area contributed by atoms with Crippen LogP contribution in [-0.4, -0.2) is 44.9 Å². The maximum Gasteiger partial charge on any atom is 0.407 e. The van der Waals surface area contributed by atoms with E-state index in [9.17, 15) is 13.8 Å². The molecule has 2 aliphatic rings. The summed E-state index contributed by atoms with van der Waals surface area (Å²) in [5.74, 6) is 0.608. The summed E-state index contributed by atoms with van der Waals surface area (Å²) >= 11 is -0.432. The fourth-order valence-corrected chi connectivity index (χ4v) is 6.81. The van der Waals surface area contributed by atoms with E-state index in [1.807, 2.05) is 5.38 Å². The van der Waals surface area contributed by atoms with Crippen molar-refractivity contribution < 1.29 is 23.1 Å². The molecule has 0 spiro atoms. The molecule has 3 rings (SSSR count). The van der Waals surface area contributed by atoms with E-state index >= 15 is 0 Å². The van der Waals surface area contributed by atoms with Gasteiger partial charge < -0.3 is 15.4 Å². The van der Waals surface area contributed by atoms with E-state index in [0.717, 1.165) is 62.1 Å². The van der Waals surface area contributed by atoms with Crippen molar-refractivity contribution >= 4 is 34.6 Å². The van der Waals surface area contributed by atoms with Crippen LogP contribution in [0.2, 0.25) is 0 Å². The van der Waals surface area contributed by atoms with Gasteiger partial charge in [0.05, 0.1) is 18.8 Å². The lowest BCUT2D eigenvalue weighted by Crippen LogP contribution is -2.49. The van der Waals surface area contributed by atoms with Crippen LogP contribution in [-0.2, 0) is 27.2 Å². The van der Waals surface area contributed by atoms with Gasteiger partial charge in [0.2, 0.25) is 17.2 Å². The highest BCUT2D eigenvalue weighted by Crippen LogP contribution is 2.34. The molecule has 4 N–H and O–H groups in total. The number of nitrogens with zero attached hydrogens (tertiary/aromatic N) is 1. The van der Waals surface area contributed by atoms with Gasteiger partial charge in [-0.3, -0.25) is 9.35 Å². The zero-order valence-corrected chi connectivity index (χ0v) is 22.4. The molecule has 0 bridgehead atoms. The fraction of sp³-hybridized carbons (Fsp3) is 0.792. The summed E-state index contributed by atoms with van der Waals surface area (Å²) in [6.45, 7) is 2.06. The molecule has 0 saturated heterocycles. The Morgan fingerprint density at radius 1 is 1.11 bits per heavy atom. The number of alkyl carbamates (subject to hydrolysis) is 1. The monoisotopic (exact) mass is 528 g/mol. The Bertz CT molecular complexity index is 838. The molecule has 11 heteroatoms. The number of aromatic nitrogens is 1. The van der Waals surface area contributed by atoms with E-state index in [0.29, 0.717) is 18.3 Å². The van der Waals surface area contributed by atoms with Gasteiger partial charge in [0.25, 0.3) is 0 Å². The summed E-state index contributed by atoms with van der Waals surface area (Å²) in [5.41, 5.74) is 1.01. The Kier molecular flexibility index (Phi) is 11.4. The number of methoxy groups -OCH3 is 1. The Hall–Kier alpha value is -1.56. The minimum atomic E-state index is -2.00. The number of aryl methyl sites for hydroxylation is 1. The molecule has 1 heterocycles. The third-order valence-corrected chi connectivity index (χ3v) is 8.86. The largest absolute Gasteiger partial charge is 0.453 e. The van der Waals surface area contributed by atoms with Crippen LogP contribution < -0.4 is 15.4 Å². The molecule has 2 aliphatic carbocycles. The molecule has 1 aromatic rings. The van der Waals surface area contributed by atoms with Crippen LogP contribution in [0.25, 0.3) is 0 Å². The molecule has 0 aliphatic heterocycles. The number of hydrogen-bond acceptors (Lipinski definition) is 6. The van der Waals surface area contributed by atoms with E-state index in [4.69, 9.17) is 14.3 Å². The molecule has 1 unspecified atom stereocenters. The third-order valence-electron chi connectivity index (χ3n) is 7.32. The van der Waals surface area contributed by atoms with Gasteiger partial charge in [-0.2, -0.15) is 0 Å². The van der Waals surface area contributed by atoms with Crippen molar-refractivity contribution in [2.45, 2.75) is 102 Å². The van der Waals surface area contributed by atoms with E-state index in [2.05, 4.69) is 22.3 Å².